The maximum absolute atomic E-state index is 12.9. The normalized spacial score (nSPS) is 22.2. The van der Waals surface area contributed by atoms with Gasteiger partial charge in [0.2, 0.25) is 0 Å². The van der Waals surface area contributed by atoms with Crippen LogP contribution in [0.3, 0.4) is 0 Å². The minimum absolute atomic E-state index is 0.172. The molecule has 0 amide bonds. The molecule has 0 aliphatic carbocycles. The number of rotatable bonds is 4. The zero-order valence-corrected chi connectivity index (χ0v) is 9.58. The highest BCUT2D eigenvalue weighted by Crippen LogP contribution is 2.30. The van der Waals surface area contributed by atoms with Crippen molar-refractivity contribution in [1.82, 2.24) is 5.32 Å². The first-order valence-electron chi connectivity index (χ1n) is 5.79. The van der Waals surface area contributed by atoms with Crippen LogP contribution in [0, 0.1) is 11.7 Å². The van der Waals surface area contributed by atoms with Crippen LogP contribution in [0.2, 0.25) is 0 Å². The van der Waals surface area contributed by atoms with Crippen LogP contribution in [-0.4, -0.2) is 26.8 Å². The number of halogens is 1. The first-order chi connectivity index (χ1) is 7.81. The molecule has 1 aliphatic rings. The van der Waals surface area contributed by atoms with E-state index in [2.05, 4.69) is 5.32 Å². The Morgan fingerprint density at radius 1 is 1.44 bits per heavy atom. The first-order valence-corrected chi connectivity index (χ1v) is 5.79. The van der Waals surface area contributed by atoms with Crippen LogP contribution in [0.1, 0.15) is 17.9 Å². The summed E-state index contributed by atoms with van der Waals surface area (Å²) in [7, 11) is 1.95. The molecular weight excluding hydrogens is 205 g/mol. The molecule has 0 spiro atoms. The van der Waals surface area contributed by atoms with Gasteiger partial charge in [0, 0.05) is 19.1 Å². The zero-order valence-electron chi connectivity index (χ0n) is 9.58. The maximum Gasteiger partial charge on any atom is 0.123 e. The SMILES string of the molecule is CNCC(c1ccc(F)cc1)C1CCOC1. The van der Waals surface area contributed by atoms with E-state index in [9.17, 15) is 4.39 Å². The lowest BCUT2D eigenvalue weighted by atomic mass is 9.85. The molecule has 1 aromatic carbocycles. The fourth-order valence-corrected chi connectivity index (χ4v) is 2.36. The van der Waals surface area contributed by atoms with Gasteiger partial charge in [-0.25, -0.2) is 4.39 Å². The van der Waals surface area contributed by atoms with Gasteiger partial charge in [-0.1, -0.05) is 12.1 Å². The predicted molar refractivity (Wildman–Crippen MR) is 62.0 cm³/mol. The maximum atomic E-state index is 12.9. The molecular formula is C13H18FNO. The van der Waals surface area contributed by atoms with Crippen LogP contribution in [-0.2, 0) is 4.74 Å². The summed E-state index contributed by atoms with van der Waals surface area (Å²) in [6.45, 7) is 2.59. The Kier molecular flexibility index (Phi) is 3.91. The van der Waals surface area contributed by atoms with Crippen molar-refractivity contribution in [2.45, 2.75) is 12.3 Å². The molecule has 0 radical (unpaired) electrons. The van der Waals surface area contributed by atoms with Gasteiger partial charge in [-0.3, -0.25) is 0 Å². The van der Waals surface area contributed by atoms with E-state index >= 15 is 0 Å². The quantitative estimate of drug-likeness (QED) is 0.844. The van der Waals surface area contributed by atoms with Crippen LogP contribution < -0.4 is 5.32 Å². The molecule has 2 nitrogen and oxygen atoms in total. The topological polar surface area (TPSA) is 21.3 Å². The second-order valence-electron chi connectivity index (χ2n) is 4.34. The summed E-state index contributed by atoms with van der Waals surface area (Å²) in [6.07, 6.45) is 1.10. The largest absolute Gasteiger partial charge is 0.381 e. The fraction of sp³-hybridized carbons (Fsp3) is 0.538. The fourth-order valence-electron chi connectivity index (χ4n) is 2.36. The van der Waals surface area contributed by atoms with Crippen molar-refractivity contribution < 1.29 is 9.13 Å². The number of likely N-dealkylation sites (N-methyl/N-ethyl adjacent to an activating group) is 1. The van der Waals surface area contributed by atoms with E-state index in [1.54, 1.807) is 0 Å². The van der Waals surface area contributed by atoms with Crippen LogP contribution in [0.15, 0.2) is 24.3 Å². The average Bonchev–Trinajstić information content (AvgIpc) is 2.81. The lowest BCUT2D eigenvalue weighted by Crippen LogP contribution is -2.24. The second kappa shape index (κ2) is 5.41. The lowest BCUT2D eigenvalue weighted by molar-refractivity contribution is 0.180. The predicted octanol–water partition coefficient (Wildman–Crippen LogP) is 2.17. The van der Waals surface area contributed by atoms with E-state index in [-0.39, 0.29) is 5.82 Å². The smallest absolute Gasteiger partial charge is 0.123 e. The van der Waals surface area contributed by atoms with Crippen molar-refractivity contribution in [2.24, 2.45) is 5.92 Å². The number of hydrogen-bond donors (Lipinski definition) is 1. The summed E-state index contributed by atoms with van der Waals surface area (Å²) in [5, 5.41) is 3.21. The van der Waals surface area contributed by atoms with Crippen molar-refractivity contribution in [2.75, 3.05) is 26.8 Å². The van der Waals surface area contributed by atoms with E-state index in [0.717, 1.165) is 26.2 Å². The summed E-state index contributed by atoms with van der Waals surface area (Å²) in [4.78, 5) is 0. The monoisotopic (exact) mass is 223 g/mol. The highest BCUT2D eigenvalue weighted by atomic mass is 19.1. The Hall–Kier alpha value is -0.930. The van der Waals surface area contributed by atoms with Crippen molar-refractivity contribution in [1.29, 1.82) is 0 Å². The Labute approximate surface area is 95.8 Å². The van der Waals surface area contributed by atoms with Crippen LogP contribution in [0.25, 0.3) is 0 Å². The number of nitrogens with one attached hydrogen (secondary N) is 1. The summed E-state index contributed by atoms with van der Waals surface area (Å²) in [5.41, 5.74) is 1.20. The van der Waals surface area contributed by atoms with E-state index in [0.29, 0.717) is 11.8 Å². The Balaban J connectivity index is 2.14. The molecule has 16 heavy (non-hydrogen) atoms. The zero-order chi connectivity index (χ0) is 11.4. The van der Waals surface area contributed by atoms with Gasteiger partial charge >= 0.3 is 0 Å². The minimum Gasteiger partial charge on any atom is -0.381 e. The Morgan fingerprint density at radius 2 is 2.19 bits per heavy atom. The molecule has 2 atom stereocenters. The number of hydrogen-bond acceptors (Lipinski definition) is 2. The molecule has 1 N–H and O–H groups in total. The summed E-state index contributed by atoms with van der Waals surface area (Å²) in [5.74, 6) is 0.806. The third kappa shape index (κ3) is 2.60. The Bertz CT molecular complexity index is 319. The minimum atomic E-state index is -0.172. The summed E-state index contributed by atoms with van der Waals surface area (Å²) < 4.78 is 18.3. The van der Waals surface area contributed by atoms with Crippen LogP contribution in [0.4, 0.5) is 4.39 Å². The molecule has 2 unspecified atom stereocenters. The van der Waals surface area contributed by atoms with Crippen LogP contribution in [0.5, 0.6) is 0 Å². The van der Waals surface area contributed by atoms with Crippen molar-refractivity contribution >= 4 is 0 Å². The number of ether oxygens (including phenoxy) is 1. The second-order valence-corrected chi connectivity index (χ2v) is 4.34. The third-order valence-corrected chi connectivity index (χ3v) is 3.26. The molecule has 0 bridgehead atoms. The van der Waals surface area contributed by atoms with E-state index in [1.165, 1.54) is 17.7 Å². The van der Waals surface area contributed by atoms with Gasteiger partial charge < -0.3 is 10.1 Å². The van der Waals surface area contributed by atoms with Gasteiger partial charge in [-0.05, 0) is 37.1 Å². The Morgan fingerprint density at radius 3 is 2.75 bits per heavy atom. The van der Waals surface area contributed by atoms with Crippen molar-refractivity contribution in [3.63, 3.8) is 0 Å². The molecule has 0 aromatic heterocycles. The van der Waals surface area contributed by atoms with Gasteiger partial charge in [0.25, 0.3) is 0 Å². The molecule has 0 saturated carbocycles. The molecule has 88 valence electrons. The molecule has 1 heterocycles. The van der Waals surface area contributed by atoms with Crippen molar-refractivity contribution in [3.05, 3.63) is 35.6 Å². The molecule has 1 saturated heterocycles. The van der Waals surface area contributed by atoms with E-state index < -0.39 is 0 Å². The van der Waals surface area contributed by atoms with E-state index in [4.69, 9.17) is 4.74 Å². The molecule has 3 heteroatoms. The van der Waals surface area contributed by atoms with Gasteiger partial charge in [0.15, 0.2) is 0 Å². The van der Waals surface area contributed by atoms with Crippen LogP contribution >= 0.6 is 0 Å². The molecule has 1 aliphatic heterocycles. The first kappa shape index (κ1) is 11.6. The lowest BCUT2D eigenvalue weighted by Gasteiger charge is -2.22. The number of benzene rings is 1. The molecule has 1 fully saturated rings. The highest BCUT2D eigenvalue weighted by Gasteiger charge is 2.26. The third-order valence-electron chi connectivity index (χ3n) is 3.26. The highest BCUT2D eigenvalue weighted by molar-refractivity contribution is 5.22. The summed E-state index contributed by atoms with van der Waals surface area (Å²) in [6, 6.07) is 6.84. The van der Waals surface area contributed by atoms with Gasteiger partial charge in [-0.15, -0.1) is 0 Å². The average molecular weight is 223 g/mol. The van der Waals surface area contributed by atoms with Crippen molar-refractivity contribution in [3.8, 4) is 0 Å². The molecule has 1 aromatic rings. The van der Waals surface area contributed by atoms with Gasteiger partial charge in [0.1, 0.15) is 5.82 Å². The van der Waals surface area contributed by atoms with Gasteiger partial charge in [0.05, 0.1) is 6.61 Å². The van der Waals surface area contributed by atoms with E-state index in [1.807, 2.05) is 19.2 Å². The summed E-state index contributed by atoms with van der Waals surface area (Å²) >= 11 is 0. The standard InChI is InChI=1S/C13H18FNO/c1-15-8-13(11-6-7-16-9-11)10-2-4-12(14)5-3-10/h2-5,11,13,15H,6-9H2,1H3. The molecule has 2 rings (SSSR count). The van der Waals surface area contributed by atoms with Gasteiger partial charge in [-0.2, -0.15) is 0 Å².